The van der Waals surface area contributed by atoms with Crippen molar-refractivity contribution >= 4 is 5.97 Å². The SMILES string of the molecule is CC.COC(=O)c1cncc(Cc2ccccc2)c1. The van der Waals surface area contributed by atoms with E-state index in [1.807, 2.05) is 50.2 Å². The number of esters is 1. The molecule has 3 nitrogen and oxygen atoms in total. The zero-order valence-corrected chi connectivity index (χ0v) is 11.6. The number of benzene rings is 1. The monoisotopic (exact) mass is 257 g/mol. The molecule has 0 fully saturated rings. The summed E-state index contributed by atoms with van der Waals surface area (Å²) >= 11 is 0. The zero-order valence-electron chi connectivity index (χ0n) is 11.6. The quantitative estimate of drug-likeness (QED) is 0.790. The van der Waals surface area contributed by atoms with Crippen molar-refractivity contribution in [1.82, 2.24) is 4.98 Å². The van der Waals surface area contributed by atoms with Crippen molar-refractivity contribution in [2.75, 3.05) is 7.11 Å². The van der Waals surface area contributed by atoms with E-state index in [1.54, 1.807) is 6.20 Å². The van der Waals surface area contributed by atoms with Crippen molar-refractivity contribution in [1.29, 1.82) is 0 Å². The van der Waals surface area contributed by atoms with Gasteiger partial charge in [-0.25, -0.2) is 4.79 Å². The number of hydrogen-bond acceptors (Lipinski definition) is 3. The van der Waals surface area contributed by atoms with Gasteiger partial charge in [-0.3, -0.25) is 4.98 Å². The van der Waals surface area contributed by atoms with Crippen LogP contribution in [-0.4, -0.2) is 18.1 Å². The van der Waals surface area contributed by atoms with Crippen LogP contribution in [0.4, 0.5) is 0 Å². The lowest BCUT2D eigenvalue weighted by Crippen LogP contribution is -2.03. The van der Waals surface area contributed by atoms with E-state index in [9.17, 15) is 4.79 Å². The minimum atomic E-state index is -0.354. The Morgan fingerprint density at radius 2 is 1.79 bits per heavy atom. The summed E-state index contributed by atoms with van der Waals surface area (Å²) in [5.41, 5.74) is 2.68. The molecule has 0 amide bonds. The van der Waals surface area contributed by atoms with Crippen LogP contribution >= 0.6 is 0 Å². The number of ether oxygens (including phenoxy) is 1. The summed E-state index contributed by atoms with van der Waals surface area (Å²) in [5.74, 6) is -0.354. The van der Waals surface area contributed by atoms with Crippen molar-refractivity contribution in [2.24, 2.45) is 0 Å². The molecule has 0 saturated heterocycles. The molecule has 1 aromatic carbocycles. The fourth-order valence-corrected chi connectivity index (χ4v) is 1.65. The molecule has 0 aliphatic heterocycles. The minimum absolute atomic E-state index is 0.354. The van der Waals surface area contributed by atoms with E-state index in [0.29, 0.717) is 5.56 Å². The highest BCUT2D eigenvalue weighted by Gasteiger charge is 2.06. The van der Waals surface area contributed by atoms with Crippen LogP contribution in [0.15, 0.2) is 48.8 Å². The number of hydrogen-bond donors (Lipinski definition) is 0. The summed E-state index contributed by atoms with van der Waals surface area (Å²) in [4.78, 5) is 15.4. The highest BCUT2D eigenvalue weighted by Crippen LogP contribution is 2.10. The Labute approximate surface area is 114 Å². The Morgan fingerprint density at radius 3 is 2.42 bits per heavy atom. The lowest BCUT2D eigenvalue weighted by molar-refractivity contribution is 0.0600. The molecule has 0 aliphatic rings. The minimum Gasteiger partial charge on any atom is -0.465 e. The number of aromatic nitrogens is 1. The first-order valence-corrected chi connectivity index (χ1v) is 6.36. The molecular weight excluding hydrogens is 238 g/mol. The average Bonchev–Trinajstić information content (AvgIpc) is 2.50. The molecule has 1 heterocycles. The van der Waals surface area contributed by atoms with E-state index in [0.717, 1.165) is 12.0 Å². The van der Waals surface area contributed by atoms with Crippen LogP contribution in [0.5, 0.6) is 0 Å². The lowest BCUT2D eigenvalue weighted by Gasteiger charge is -2.03. The second kappa shape index (κ2) is 8.03. The van der Waals surface area contributed by atoms with Gasteiger partial charge in [-0.15, -0.1) is 0 Å². The fourth-order valence-electron chi connectivity index (χ4n) is 1.65. The smallest absolute Gasteiger partial charge is 0.339 e. The van der Waals surface area contributed by atoms with Crippen molar-refractivity contribution in [3.8, 4) is 0 Å². The van der Waals surface area contributed by atoms with Crippen LogP contribution in [-0.2, 0) is 11.2 Å². The van der Waals surface area contributed by atoms with Gasteiger partial charge in [0.2, 0.25) is 0 Å². The van der Waals surface area contributed by atoms with Gasteiger partial charge in [-0.1, -0.05) is 44.2 Å². The van der Waals surface area contributed by atoms with Gasteiger partial charge in [-0.05, 0) is 23.6 Å². The van der Waals surface area contributed by atoms with Crippen LogP contribution in [0.1, 0.15) is 35.3 Å². The molecule has 19 heavy (non-hydrogen) atoms. The van der Waals surface area contributed by atoms with Crippen LogP contribution in [0, 0.1) is 0 Å². The molecule has 0 atom stereocenters. The van der Waals surface area contributed by atoms with E-state index in [-0.39, 0.29) is 5.97 Å². The number of carbonyl (C=O) groups is 1. The van der Waals surface area contributed by atoms with Gasteiger partial charge in [0.05, 0.1) is 12.7 Å². The summed E-state index contributed by atoms with van der Waals surface area (Å²) < 4.78 is 4.66. The van der Waals surface area contributed by atoms with Gasteiger partial charge in [0.1, 0.15) is 0 Å². The molecule has 0 spiro atoms. The number of methoxy groups -OCH3 is 1. The summed E-state index contributed by atoms with van der Waals surface area (Å²) in [6.45, 7) is 4.00. The van der Waals surface area contributed by atoms with Gasteiger partial charge < -0.3 is 4.74 Å². The average molecular weight is 257 g/mol. The molecule has 2 aromatic rings. The van der Waals surface area contributed by atoms with E-state index in [1.165, 1.54) is 18.9 Å². The van der Waals surface area contributed by atoms with Crippen LogP contribution in [0.2, 0.25) is 0 Å². The lowest BCUT2D eigenvalue weighted by atomic mass is 10.1. The number of rotatable bonds is 3. The Bertz CT molecular complexity index is 509. The molecule has 0 aliphatic carbocycles. The summed E-state index contributed by atoms with van der Waals surface area (Å²) in [7, 11) is 1.37. The van der Waals surface area contributed by atoms with E-state index in [2.05, 4.69) is 9.72 Å². The zero-order chi connectivity index (χ0) is 14.1. The van der Waals surface area contributed by atoms with Crippen molar-refractivity contribution < 1.29 is 9.53 Å². The molecular formula is C16H19NO2. The summed E-state index contributed by atoms with van der Waals surface area (Å²) in [5, 5.41) is 0. The van der Waals surface area contributed by atoms with Gasteiger partial charge in [0.15, 0.2) is 0 Å². The second-order valence-electron chi connectivity index (χ2n) is 3.74. The maximum atomic E-state index is 11.4. The predicted molar refractivity (Wildman–Crippen MR) is 76.2 cm³/mol. The highest BCUT2D eigenvalue weighted by atomic mass is 16.5. The third kappa shape index (κ3) is 4.54. The first kappa shape index (κ1) is 14.9. The molecule has 100 valence electrons. The number of nitrogens with zero attached hydrogens (tertiary/aromatic N) is 1. The molecule has 0 saturated carbocycles. The summed E-state index contributed by atoms with van der Waals surface area (Å²) in [6.07, 6.45) is 4.04. The number of carbonyl (C=O) groups excluding carboxylic acids is 1. The third-order valence-corrected chi connectivity index (χ3v) is 2.47. The van der Waals surface area contributed by atoms with Crippen LogP contribution in [0.25, 0.3) is 0 Å². The van der Waals surface area contributed by atoms with E-state index in [4.69, 9.17) is 0 Å². The number of pyridine rings is 1. The third-order valence-electron chi connectivity index (χ3n) is 2.47. The predicted octanol–water partition coefficient (Wildman–Crippen LogP) is 3.49. The van der Waals surface area contributed by atoms with Gasteiger partial charge in [-0.2, -0.15) is 0 Å². The Morgan fingerprint density at radius 1 is 1.11 bits per heavy atom. The fraction of sp³-hybridized carbons (Fsp3) is 0.250. The molecule has 0 bridgehead atoms. The van der Waals surface area contributed by atoms with Crippen LogP contribution < -0.4 is 0 Å². The maximum Gasteiger partial charge on any atom is 0.339 e. The van der Waals surface area contributed by atoms with Gasteiger partial charge >= 0.3 is 5.97 Å². The first-order valence-electron chi connectivity index (χ1n) is 6.36. The Balaban J connectivity index is 0.000000861. The van der Waals surface area contributed by atoms with Crippen LogP contribution in [0.3, 0.4) is 0 Å². The second-order valence-corrected chi connectivity index (χ2v) is 3.74. The molecule has 0 unspecified atom stereocenters. The molecule has 3 heteroatoms. The van der Waals surface area contributed by atoms with E-state index >= 15 is 0 Å². The molecule has 0 N–H and O–H groups in total. The Hall–Kier alpha value is -2.16. The first-order chi connectivity index (χ1) is 9.29. The maximum absolute atomic E-state index is 11.4. The van der Waals surface area contributed by atoms with Crippen molar-refractivity contribution in [3.63, 3.8) is 0 Å². The van der Waals surface area contributed by atoms with Gasteiger partial charge in [0, 0.05) is 12.4 Å². The topological polar surface area (TPSA) is 39.2 Å². The van der Waals surface area contributed by atoms with Gasteiger partial charge in [0.25, 0.3) is 0 Å². The highest BCUT2D eigenvalue weighted by molar-refractivity contribution is 5.89. The Kier molecular flexibility index (Phi) is 6.30. The molecule has 0 radical (unpaired) electrons. The van der Waals surface area contributed by atoms with Crippen molar-refractivity contribution in [3.05, 3.63) is 65.5 Å². The largest absolute Gasteiger partial charge is 0.465 e. The molecule has 2 rings (SSSR count). The summed E-state index contributed by atoms with van der Waals surface area (Å²) in [6, 6.07) is 11.9. The van der Waals surface area contributed by atoms with E-state index < -0.39 is 0 Å². The standard InChI is InChI=1S/C14H13NO2.C2H6/c1-17-14(16)13-8-12(9-15-10-13)7-11-5-3-2-4-6-11;1-2/h2-6,8-10H,7H2,1H3;1-2H3. The normalized spacial score (nSPS) is 9.21. The molecule has 1 aromatic heterocycles. The van der Waals surface area contributed by atoms with Crippen molar-refractivity contribution in [2.45, 2.75) is 20.3 Å².